The second-order valence-corrected chi connectivity index (χ2v) is 15.4. The fourth-order valence-corrected chi connectivity index (χ4v) is 6.72. The second-order valence-electron chi connectivity index (χ2n) is 13.9. The van der Waals surface area contributed by atoms with Crippen LogP contribution in [0.2, 0.25) is 0 Å². The molecule has 0 aliphatic heterocycles. The number of carbonyl (C=O) groups is 1. The summed E-state index contributed by atoms with van der Waals surface area (Å²) in [6.07, 6.45) is 45.6. The Kier molecular flexibility index (Phi) is 34.3. The summed E-state index contributed by atoms with van der Waals surface area (Å²) in [5.74, 6) is -1.01. The topological polar surface area (TPSA) is 104 Å². The number of carbonyl (C=O) groups excluding carboxylic acids is 1. The molecule has 0 rings (SSSR count). The maximum atomic E-state index is 12.5. The molecule has 0 aliphatic rings. The summed E-state index contributed by atoms with van der Waals surface area (Å²) in [4.78, 5) is 12.5. The van der Waals surface area contributed by atoms with Gasteiger partial charge in [-0.05, 0) is 57.8 Å². The first-order valence-electron chi connectivity index (χ1n) is 20.2. The van der Waals surface area contributed by atoms with Gasteiger partial charge in [0.1, 0.15) is 0 Å². The number of nitrogens with one attached hydrogen (secondary N) is 1. The quantitative estimate of drug-likeness (QED) is 0.0344. The molecule has 0 heterocycles. The predicted molar refractivity (Wildman–Crippen MR) is 207 cm³/mol. The molecule has 0 aliphatic carbocycles. The summed E-state index contributed by atoms with van der Waals surface area (Å²) in [6.45, 7) is 4.51. The molecular formula is C41H77NO5S. The van der Waals surface area contributed by atoms with Gasteiger partial charge in [-0.2, -0.15) is 8.42 Å². The Hall–Kier alpha value is -1.44. The van der Waals surface area contributed by atoms with Crippen LogP contribution in [-0.4, -0.2) is 41.9 Å². The van der Waals surface area contributed by atoms with Crippen LogP contribution in [0.4, 0.5) is 0 Å². The van der Waals surface area contributed by atoms with Gasteiger partial charge in [0.2, 0.25) is 5.91 Å². The fourth-order valence-electron chi connectivity index (χ4n) is 5.99. The molecule has 48 heavy (non-hydrogen) atoms. The summed E-state index contributed by atoms with van der Waals surface area (Å²) in [7, 11) is -4.35. The zero-order valence-electron chi connectivity index (χ0n) is 31.4. The van der Waals surface area contributed by atoms with E-state index in [2.05, 4.69) is 43.5 Å². The number of hydrogen-bond donors (Lipinski definition) is 3. The third-order valence-electron chi connectivity index (χ3n) is 9.04. The van der Waals surface area contributed by atoms with Crippen molar-refractivity contribution in [2.24, 2.45) is 0 Å². The number of rotatable bonds is 36. The molecule has 0 spiro atoms. The molecule has 0 aromatic rings. The van der Waals surface area contributed by atoms with E-state index in [0.29, 0.717) is 6.42 Å². The van der Waals surface area contributed by atoms with Crippen molar-refractivity contribution in [2.45, 2.75) is 212 Å². The third kappa shape index (κ3) is 35.9. The number of hydrogen-bond acceptors (Lipinski definition) is 4. The highest BCUT2D eigenvalue weighted by Crippen LogP contribution is 2.14. The van der Waals surface area contributed by atoms with Crippen LogP contribution in [-0.2, 0) is 14.9 Å². The summed E-state index contributed by atoms with van der Waals surface area (Å²) >= 11 is 0. The van der Waals surface area contributed by atoms with Crippen molar-refractivity contribution in [2.75, 3.05) is 5.75 Å². The Labute approximate surface area is 297 Å². The minimum atomic E-state index is -4.35. The predicted octanol–water partition coefficient (Wildman–Crippen LogP) is 11.7. The monoisotopic (exact) mass is 696 g/mol. The number of allylic oxidation sites excluding steroid dienone is 5. The molecule has 0 fully saturated rings. The van der Waals surface area contributed by atoms with Gasteiger partial charge in [0, 0.05) is 6.42 Å². The molecule has 282 valence electrons. The summed E-state index contributed by atoms with van der Waals surface area (Å²) in [6, 6.07) is -1.08. The highest BCUT2D eigenvalue weighted by molar-refractivity contribution is 7.85. The molecule has 0 radical (unpaired) electrons. The van der Waals surface area contributed by atoms with Gasteiger partial charge in [-0.1, -0.05) is 172 Å². The van der Waals surface area contributed by atoms with E-state index in [1.54, 1.807) is 0 Å². The third-order valence-corrected chi connectivity index (χ3v) is 9.82. The molecule has 0 saturated heterocycles. The van der Waals surface area contributed by atoms with Crippen molar-refractivity contribution in [3.8, 4) is 0 Å². The summed E-state index contributed by atoms with van der Waals surface area (Å²) < 4.78 is 32.4. The van der Waals surface area contributed by atoms with E-state index < -0.39 is 28.0 Å². The molecule has 1 amide bonds. The Morgan fingerprint density at radius 2 is 0.896 bits per heavy atom. The molecule has 0 aromatic heterocycles. The van der Waals surface area contributed by atoms with Gasteiger partial charge in [0.25, 0.3) is 10.1 Å². The lowest BCUT2D eigenvalue weighted by Crippen LogP contribution is -2.46. The molecule has 0 saturated carbocycles. The minimum absolute atomic E-state index is 0.278. The van der Waals surface area contributed by atoms with Crippen molar-refractivity contribution in [3.63, 3.8) is 0 Å². The Bertz CT molecular complexity index is 899. The number of amides is 1. The van der Waals surface area contributed by atoms with E-state index in [1.807, 2.05) is 6.08 Å². The van der Waals surface area contributed by atoms with Gasteiger partial charge >= 0.3 is 0 Å². The zero-order chi connectivity index (χ0) is 35.4. The van der Waals surface area contributed by atoms with Crippen molar-refractivity contribution in [3.05, 3.63) is 36.5 Å². The number of unbranched alkanes of at least 4 members (excludes halogenated alkanes) is 24. The van der Waals surface area contributed by atoms with Crippen molar-refractivity contribution >= 4 is 16.0 Å². The highest BCUT2D eigenvalue weighted by atomic mass is 32.2. The lowest BCUT2D eigenvalue weighted by atomic mass is 10.0. The van der Waals surface area contributed by atoms with Crippen molar-refractivity contribution < 1.29 is 22.9 Å². The average molecular weight is 696 g/mol. The normalized spacial score (nSPS) is 13.7. The molecule has 6 nitrogen and oxygen atoms in total. The molecule has 0 bridgehead atoms. The zero-order valence-corrected chi connectivity index (χ0v) is 32.2. The van der Waals surface area contributed by atoms with Crippen LogP contribution >= 0.6 is 0 Å². The van der Waals surface area contributed by atoms with E-state index >= 15 is 0 Å². The molecule has 2 unspecified atom stereocenters. The lowest BCUT2D eigenvalue weighted by molar-refractivity contribution is -0.122. The average Bonchev–Trinajstić information content (AvgIpc) is 3.05. The maximum absolute atomic E-state index is 12.5. The minimum Gasteiger partial charge on any atom is -0.387 e. The van der Waals surface area contributed by atoms with Crippen molar-refractivity contribution in [1.82, 2.24) is 5.32 Å². The highest BCUT2D eigenvalue weighted by Gasteiger charge is 2.24. The lowest BCUT2D eigenvalue weighted by Gasteiger charge is -2.21. The van der Waals surface area contributed by atoms with E-state index in [4.69, 9.17) is 0 Å². The summed E-state index contributed by atoms with van der Waals surface area (Å²) in [5, 5.41) is 13.2. The molecule has 0 aromatic carbocycles. The molecule has 7 heteroatoms. The van der Waals surface area contributed by atoms with Gasteiger partial charge in [-0.15, -0.1) is 0 Å². The first-order chi connectivity index (χ1) is 23.3. The Morgan fingerprint density at radius 3 is 1.31 bits per heavy atom. The van der Waals surface area contributed by atoms with Gasteiger partial charge < -0.3 is 10.4 Å². The fraction of sp³-hybridized carbons (Fsp3) is 0.829. The SMILES string of the molecule is CCCCCCCC/C=C\CCCCCCCC(=O)NC(CS(=O)(=O)O)C(O)/C=C/CC/C=C/CCCCCCCCCCCCCC. The standard InChI is InChI=1S/C41H77NO5S/c1-3-5-7-9-11-13-15-17-19-20-21-23-24-26-28-30-32-34-36-40(43)39(38-48(45,46)47)42-41(44)37-35-33-31-29-27-25-22-18-16-14-12-10-8-6-4-2/h18,22,26,28,34,36,39-40,43H,3-17,19-21,23-25,27,29-33,35,37-38H2,1-2H3,(H,42,44)(H,45,46,47)/b22-18-,28-26+,36-34+. The van der Waals surface area contributed by atoms with Gasteiger partial charge in [0.15, 0.2) is 0 Å². The van der Waals surface area contributed by atoms with Crippen LogP contribution in [0.3, 0.4) is 0 Å². The van der Waals surface area contributed by atoms with E-state index in [-0.39, 0.29) is 12.3 Å². The summed E-state index contributed by atoms with van der Waals surface area (Å²) in [5.41, 5.74) is 0. The van der Waals surface area contributed by atoms with Gasteiger partial charge in [-0.3, -0.25) is 9.35 Å². The first-order valence-corrected chi connectivity index (χ1v) is 21.8. The molecular weight excluding hydrogens is 619 g/mol. The Morgan fingerprint density at radius 1 is 0.542 bits per heavy atom. The van der Waals surface area contributed by atoms with Gasteiger partial charge in [0.05, 0.1) is 17.9 Å². The van der Waals surface area contributed by atoms with Crippen LogP contribution in [0.5, 0.6) is 0 Å². The van der Waals surface area contributed by atoms with E-state index in [9.17, 15) is 22.9 Å². The smallest absolute Gasteiger partial charge is 0.267 e. The number of aliphatic hydroxyl groups is 1. The van der Waals surface area contributed by atoms with E-state index in [0.717, 1.165) is 51.4 Å². The van der Waals surface area contributed by atoms with Crippen LogP contribution in [0.15, 0.2) is 36.5 Å². The van der Waals surface area contributed by atoms with Gasteiger partial charge in [-0.25, -0.2) is 0 Å². The second kappa shape index (κ2) is 35.4. The van der Waals surface area contributed by atoms with Crippen LogP contribution in [0.1, 0.15) is 200 Å². The molecule has 3 N–H and O–H groups in total. The van der Waals surface area contributed by atoms with Crippen LogP contribution in [0, 0.1) is 0 Å². The van der Waals surface area contributed by atoms with E-state index in [1.165, 1.54) is 128 Å². The van der Waals surface area contributed by atoms with Crippen LogP contribution < -0.4 is 5.32 Å². The largest absolute Gasteiger partial charge is 0.387 e. The first kappa shape index (κ1) is 46.6. The molecule has 2 atom stereocenters. The maximum Gasteiger partial charge on any atom is 0.267 e. The van der Waals surface area contributed by atoms with Crippen molar-refractivity contribution in [1.29, 1.82) is 0 Å². The van der Waals surface area contributed by atoms with Crippen LogP contribution in [0.25, 0.3) is 0 Å². The Balaban J connectivity index is 3.99. The number of aliphatic hydroxyl groups excluding tert-OH is 1.